The van der Waals surface area contributed by atoms with Crippen molar-refractivity contribution in [2.45, 2.75) is 45.1 Å². The molecule has 0 spiro atoms. The maximum Gasteiger partial charge on any atom is 0.243 e. The van der Waals surface area contributed by atoms with Gasteiger partial charge < -0.3 is 20.0 Å². The fraction of sp³-hybridized carbons (Fsp3) is 0.700. The van der Waals surface area contributed by atoms with E-state index in [1.807, 2.05) is 12.1 Å². The third-order valence-corrected chi connectivity index (χ3v) is 5.03. The van der Waals surface area contributed by atoms with E-state index in [0.717, 1.165) is 25.3 Å². The molecule has 1 saturated heterocycles. The predicted octanol–water partition coefficient (Wildman–Crippen LogP) is 2.33. The minimum absolute atomic E-state index is 0. The molecule has 2 rings (SSSR count). The number of hydrogen-bond donors (Lipinski definition) is 2. The minimum Gasteiger partial charge on any atom is -0.469 e. The molecule has 28 heavy (non-hydrogen) atoms. The summed E-state index contributed by atoms with van der Waals surface area (Å²) in [6.45, 7) is 6.11. The van der Waals surface area contributed by atoms with Gasteiger partial charge >= 0.3 is 0 Å². The maximum absolute atomic E-state index is 11.9. The molecule has 1 atom stereocenters. The van der Waals surface area contributed by atoms with E-state index in [9.17, 15) is 4.79 Å². The number of halogens is 1. The maximum atomic E-state index is 11.9. The molecule has 2 heterocycles. The van der Waals surface area contributed by atoms with Crippen LogP contribution in [-0.2, 0) is 11.2 Å². The molecule has 1 aliphatic heterocycles. The molecular weight excluding hydrogens is 469 g/mol. The van der Waals surface area contributed by atoms with Crippen molar-refractivity contribution >= 4 is 35.8 Å². The Morgan fingerprint density at radius 3 is 2.79 bits per heavy atom. The third-order valence-electron chi connectivity index (χ3n) is 5.03. The van der Waals surface area contributed by atoms with Gasteiger partial charge in [-0.05, 0) is 37.9 Å². The Morgan fingerprint density at radius 1 is 1.32 bits per heavy atom. The number of rotatable bonds is 9. The zero-order chi connectivity index (χ0) is 19.5. The van der Waals surface area contributed by atoms with Gasteiger partial charge in [0.15, 0.2) is 5.96 Å². The van der Waals surface area contributed by atoms with Crippen molar-refractivity contribution in [2.24, 2.45) is 4.99 Å². The number of carbonyl (C=O) groups excluding carboxylic acids is 1. The molecule has 1 amide bonds. The van der Waals surface area contributed by atoms with Gasteiger partial charge in [-0.2, -0.15) is 0 Å². The molecule has 0 radical (unpaired) electrons. The number of furan rings is 1. The highest BCUT2D eigenvalue weighted by Gasteiger charge is 2.20. The van der Waals surface area contributed by atoms with Crippen molar-refractivity contribution in [1.82, 2.24) is 20.4 Å². The van der Waals surface area contributed by atoms with Gasteiger partial charge in [-0.25, -0.2) is 4.99 Å². The van der Waals surface area contributed by atoms with Crippen LogP contribution in [0.1, 0.15) is 38.4 Å². The number of nitrogens with zero attached hydrogens (tertiary/aromatic N) is 3. The second kappa shape index (κ2) is 13.8. The van der Waals surface area contributed by atoms with Crippen LogP contribution in [0.5, 0.6) is 0 Å². The molecule has 0 aromatic carbocycles. The Morgan fingerprint density at radius 2 is 2.11 bits per heavy atom. The summed E-state index contributed by atoms with van der Waals surface area (Å²) < 4.78 is 5.36. The van der Waals surface area contributed by atoms with E-state index in [4.69, 9.17) is 4.42 Å². The smallest absolute Gasteiger partial charge is 0.243 e. The van der Waals surface area contributed by atoms with Gasteiger partial charge in [-0.3, -0.25) is 9.69 Å². The van der Waals surface area contributed by atoms with Gasteiger partial charge in [0.2, 0.25) is 5.91 Å². The number of guanidine groups is 1. The topological polar surface area (TPSA) is 73.1 Å². The first-order chi connectivity index (χ1) is 13.1. The average molecular weight is 505 g/mol. The minimum atomic E-state index is -0.00999. The lowest BCUT2D eigenvalue weighted by Gasteiger charge is -2.35. The van der Waals surface area contributed by atoms with Crippen LogP contribution in [0.15, 0.2) is 27.8 Å². The van der Waals surface area contributed by atoms with E-state index in [-0.39, 0.29) is 36.4 Å². The molecule has 160 valence electrons. The van der Waals surface area contributed by atoms with Crippen molar-refractivity contribution < 1.29 is 9.21 Å². The van der Waals surface area contributed by atoms with Gasteiger partial charge in [0, 0.05) is 46.2 Å². The van der Waals surface area contributed by atoms with E-state index in [1.54, 1.807) is 25.3 Å². The first-order valence-electron chi connectivity index (χ1n) is 10.1. The molecule has 2 N–H and O–H groups in total. The van der Waals surface area contributed by atoms with Crippen LogP contribution in [-0.4, -0.2) is 74.5 Å². The van der Waals surface area contributed by atoms with E-state index >= 15 is 0 Å². The molecule has 0 aliphatic carbocycles. The summed E-state index contributed by atoms with van der Waals surface area (Å²) in [4.78, 5) is 20.4. The number of amides is 1. The summed E-state index contributed by atoms with van der Waals surface area (Å²) >= 11 is 0. The number of carbonyl (C=O) groups is 1. The Balaban J connectivity index is 0.00000392. The number of nitrogens with one attached hydrogen (secondary N) is 2. The largest absolute Gasteiger partial charge is 0.469 e. The van der Waals surface area contributed by atoms with Crippen molar-refractivity contribution in [3.63, 3.8) is 0 Å². The summed E-state index contributed by atoms with van der Waals surface area (Å²) in [5.41, 5.74) is 0. The van der Waals surface area contributed by atoms with Crippen molar-refractivity contribution in [2.75, 3.05) is 46.8 Å². The molecule has 1 aromatic rings. The molecule has 1 aliphatic rings. The highest BCUT2D eigenvalue weighted by molar-refractivity contribution is 14.0. The zero-order valence-corrected chi connectivity index (χ0v) is 19.8. The highest BCUT2D eigenvalue weighted by atomic mass is 127. The van der Waals surface area contributed by atoms with E-state index in [0.29, 0.717) is 18.5 Å². The zero-order valence-electron chi connectivity index (χ0n) is 17.4. The Bertz CT molecular complexity index is 577. The second-order valence-electron chi connectivity index (χ2n) is 7.23. The summed E-state index contributed by atoms with van der Waals surface area (Å²) in [6, 6.07) is 4.55. The molecule has 0 saturated carbocycles. The van der Waals surface area contributed by atoms with Crippen LogP contribution >= 0.6 is 24.0 Å². The van der Waals surface area contributed by atoms with Crippen molar-refractivity contribution in [1.29, 1.82) is 0 Å². The fourth-order valence-corrected chi connectivity index (χ4v) is 3.36. The van der Waals surface area contributed by atoms with Crippen molar-refractivity contribution in [3.05, 3.63) is 24.2 Å². The monoisotopic (exact) mass is 505 g/mol. The predicted molar refractivity (Wildman–Crippen MR) is 124 cm³/mol. The first-order valence-corrected chi connectivity index (χ1v) is 10.1. The van der Waals surface area contributed by atoms with Crippen LogP contribution < -0.4 is 10.6 Å². The third kappa shape index (κ3) is 8.81. The van der Waals surface area contributed by atoms with E-state index in [2.05, 4.69) is 27.4 Å². The number of aliphatic imine (C=N–C) groups is 1. The number of likely N-dealkylation sites (tertiary alicyclic amines) is 1. The summed E-state index contributed by atoms with van der Waals surface area (Å²) in [7, 11) is 3.49. The Hall–Kier alpha value is -1.29. The second-order valence-corrected chi connectivity index (χ2v) is 7.23. The molecule has 7 nitrogen and oxygen atoms in total. The average Bonchev–Trinajstić information content (AvgIpc) is 3.19. The lowest BCUT2D eigenvalue weighted by molar-refractivity contribution is -0.127. The van der Waals surface area contributed by atoms with Crippen LogP contribution in [0.25, 0.3) is 0 Å². The van der Waals surface area contributed by atoms with Gasteiger partial charge in [0.25, 0.3) is 0 Å². The molecule has 1 fully saturated rings. The molecule has 8 heteroatoms. The highest BCUT2D eigenvalue weighted by Crippen LogP contribution is 2.18. The van der Waals surface area contributed by atoms with E-state index in [1.165, 1.54) is 32.2 Å². The Labute approximate surface area is 186 Å². The normalized spacial score (nSPS) is 17.7. The lowest BCUT2D eigenvalue weighted by Crippen LogP contribution is -2.46. The quantitative estimate of drug-likeness (QED) is 0.306. The van der Waals surface area contributed by atoms with Gasteiger partial charge in [-0.15, -0.1) is 24.0 Å². The molecular formula is C20H36IN5O2. The Kier molecular flexibility index (Phi) is 12.2. The van der Waals surface area contributed by atoms with Crippen molar-refractivity contribution in [3.8, 4) is 0 Å². The van der Waals surface area contributed by atoms with Crippen LogP contribution in [0.3, 0.4) is 0 Å². The van der Waals surface area contributed by atoms with Crippen LogP contribution in [0, 0.1) is 0 Å². The lowest BCUT2D eigenvalue weighted by atomic mass is 10.0. The fourth-order valence-electron chi connectivity index (χ4n) is 3.36. The summed E-state index contributed by atoms with van der Waals surface area (Å²) in [6.07, 6.45) is 7.60. The number of piperidine rings is 1. The van der Waals surface area contributed by atoms with E-state index < -0.39 is 0 Å². The van der Waals surface area contributed by atoms with Gasteiger partial charge in [-0.1, -0.05) is 13.3 Å². The summed E-state index contributed by atoms with van der Waals surface area (Å²) in [5.74, 6) is 1.61. The van der Waals surface area contributed by atoms with Crippen LogP contribution in [0.4, 0.5) is 0 Å². The number of hydrogen-bond acceptors (Lipinski definition) is 4. The van der Waals surface area contributed by atoms with Gasteiger partial charge in [0.1, 0.15) is 12.3 Å². The standard InChI is InChI=1S/C20H35N5O2.HI/c1-4-17-8-5-6-13-25(17)14-12-22-20(23-16-19(26)24(2)3)21-11-10-18-9-7-15-27-18;/h7,9,15,17H,4-6,8,10-14,16H2,1-3H3,(H2,21,22,23);1H. The van der Waals surface area contributed by atoms with Crippen LogP contribution in [0.2, 0.25) is 0 Å². The molecule has 1 unspecified atom stereocenters. The summed E-state index contributed by atoms with van der Waals surface area (Å²) in [5, 5.41) is 6.69. The molecule has 1 aromatic heterocycles. The first kappa shape index (κ1) is 24.7. The SMILES string of the molecule is CCC1CCCCN1CCNC(=NCC(=O)N(C)C)NCCc1ccco1.I. The molecule has 0 bridgehead atoms. The number of likely N-dealkylation sites (N-methyl/N-ethyl adjacent to an activating group) is 1. The van der Waals surface area contributed by atoms with Gasteiger partial charge in [0.05, 0.1) is 6.26 Å².